The van der Waals surface area contributed by atoms with Crippen LogP contribution < -0.4 is 14.8 Å². The third-order valence-corrected chi connectivity index (χ3v) is 3.70. The molecule has 1 aliphatic carbocycles. The van der Waals surface area contributed by atoms with Crippen molar-refractivity contribution in [2.45, 2.75) is 31.2 Å². The maximum atomic E-state index is 11.9. The van der Waals surface area contributed by atoms with Gasteiger partial charge in [0, 0.05) is 0 Å². The first kappa shape index (κ1) is 14.7. The Hall–Kier alpha value is -1.75. The molecule has 0 radical (unpaired) electrons. The maximum Gasteiger partial charge on any atom is 0.258 e. The summed E-state index contributed by atoms with van der Waals surface area (Å²) in [7, 11) is 1.56. The fourth-order valence-corrected chi connectivity index (χ4v) is 2.59. The SMILES string of the molecule is COc1ccccc1OCC(=O)NC1(CO)CCCC1. The Morgan fingerprint density at radius 2 is 1.95 bits per heavy atom. The van der Waals surface area contributed by atoms with E-state index < -0.39 is 5.54 Å². The molecule has 1 aliphatic rings. The molecule has 0 aliphatic heterocycles. The van der Waals surface area contributed by atoms with Gasteiger partial charge in [0.2, 0.25) is 0 Å². The fraction of sp³-hybridized carbons (Fsp3) is 0.533. The number of hydrogen-bond acceptors (Lipinski definition) is 4. The monoisotopic (exact) mass is 279 g/mol. The van der Waals surface area contributed by atoms with E-state index in [-0.39, 0.29) is 19.1 Å². The fourth-order valence-electron chi connectivity index (χ4n) is 2.59. The van der Waals surface area contributed by atoms with Crippen LogP contribution >= 0.6 is 0 Å². The van der Waals surface area contributed by atoms with Gasteiger partial charge in [-0.3, -0.25) is 4.79 Å². The molecule has 1 aromatic carbocycles. The van der Waals surface area contributed by atoms with Crippen LogP contribution in [0.2, 0.25) is 0 Å². The smallest absolute Gasteiger partial charge is 0.258 e. The second-order valence-corrected chi connectivity index (χ2v) is 5.13. The summed E-state index contributed by atoms with van der Waals surface area (Å²) in [4.78, 5) is 11.9. The first-order valence-corrected chi connectivity index (χ1v) is 6.87. The minimum atomic E-state index is -0.457. The largest absolute Gasteiger partial charge is 0.493 e. The molecule has 5 nitrogen and oxygen atoms in total. The van der Waals surface area contributed by atoms with Crippen LogP contribution in [-0.2, 0) is 4.79 Å². The Labute approximate surface area is 118 Å². The molecule has 0 spiro atoms. The lowest BCUT2D eigenvalue weighted by atomic mass is 9.99. The lowest BCUT2D eigenvalue weighted by Crippen LogP contribution is -2.50. The Bertz CT molecular complexity index is 455. The van der Waals surface area contributed by atoms with Crippen molar-refractivity contribution in [2.75, 3.05) is 20.3 Å². The van der Waals surface area contributed by atoms with Crippen molar-refractivity contribution in [2.24, 2.45) is 0 Å². The second kappa shape index (κ2) is 6.61. The van der Waals surface area contributed by atoms with Crippen LogP contribution in [0.4, 0.5) is 0 Å². The van der Waals surface area contributed by atoms with E-state index >= 15 is 0 Å². The highest BCUT2D eigenvalue weighted by molar-refractivity contribution is 5.78. The summed E-state index contributed by atoms with van der Waals surface area (Å²) in [6, 6.07) is 7.19. The number of aliphatic hydroxyl groups excluding tert-OH is 1. The molecule has 0 heterocycles. The summed E-state index contributed by atoms with van der Waals surface area (Å²) in [6.45, 7) is -0.102. The first-order chi connectivity index (χ1) is 9.69. The number of benzene rings is 1. The Balaban J connectivity index is 1.89. The van der Waals surface area contributed by atoms with Gasteiger partial charge in [0.15, 0.2) is 18.1 Å². The number of hydrogen-bond donors (Lipinski definition) is 2. The molecule has 20 heavy (non-hydrogen) atoms. The minimum absolute atomic E-state index is 0.0204. The number of amides is 1. The van der Waals surface area contributed by atoms with Gasteiger partial charge in [0.1, 0.15) is 0 Å². The molecule has 110 valence electrons. The van der Waals surface area contributed by atoms with Crippen molar-refractivity contribution in [3.8, 4) is 11.5 Å². The molecular weight excluding hydrogens is 258 g/mol. The summed E-state index contributed by atoms with van der Waals surface area (Å²) in [6.07, 6.45) is 3.72. The molecule has 0 saturated heterocycles. The molecule has 2 rings (SSSR count). The standard InChI is InChI=1S/C15H21NO4/c1-19-12-6-2-3-7-13(12)20-10-14(18)16-15(11-17)8-4-5-9-15/h2-3,6-7,17H,4-5,8-11H2,1H3,(H,16,18). The van der Waals surface area contributed by atoms with Crippen molar-refractivity contribution < 1.29 is 19.4 Å². The quantitative estimate of drug-likeness (QED) is 0.828. The van der Waals surface area contributed by atoms with E-state index in [9.17, 15) is 9.90 Å². The predicted octanol–water partition coefficient (Wildman–Crippen LogP) is 1.50. The summed E-state index contributed by atoms with van der Waals surface area (Å²) in [5.41, 5.74) is -0.457. The number of para-hydroxylation sites is 2. The number of nitrogens with one attached hydrogen (secondary N) is 1. The molecule has 0 bridgehead atoms. The van der Waals surface area contributed by atoms with Crippen LogP contribution in [0.1, 0.15) is 25.7 Å². The highest BCUT2D eigenvalue weighted by Crippen LogP contribution is 2.29. The number of methoxy groups -OCH3 is 1. The highest BCUT2D eigenvalue weighted by Gasteiger charge is 2.34. The van der Waals surface area contributed by atoms with E-state index in [1.54, 1.807) is 19.2 Å². The molecular formula is C15H21NO4. The van der Waals surface area contributed by atoms with Crippen LogP contribution in [-0.4, -0.2) is 36.9 Å². The van der Waals surface area contributed by atoms with E-state index in [1.165, 1.54) is 0 Å². The maximum absolute atomic E-state index is 11.9. The summed E-state index contributed by atoms with van der Waals surface area (Å²) >= 11 is 0. The second-order valence-electron chi connectivity index (χ2n) is 5.13. The molecule has 0 unspecified atom stereocenters. The molecule has 0 atom stereocenters. The van der Waals surface area contributed by atoms with Crippen molar-refractivity contribution >= 4 is 5.91 Å². The Morgan fingerprint density at radius 1 is 1.30 bits per heavy atom. The van der Waals surface area contributed by atoms with E-state index in [0.29, 0.717) is 11.5 Å². The predicted molar refractivity (Wildman–Crippen MR) is 74.9 cm³/mol. The molecule has 1 amide bonds. The van der Waals surface area contributed by atoms with E-state index in [1.807, 2.05) is 12.1 Å². The van der Waals surface area contributed by atoms with E-state index in [0.717, 1.165) is 25.7 Å². The number of aliphatic hydroxyl groups is 1. The zero-order valence-electron chi connectivity index (χ0n) is 11.7. The van der Waals surface area contributed by atoms with Crippen LogP contribution in [0.3, 0.4) is 0 Å². The highest BCUT2D eigenvalue weighted by atomic mass is 16.5. The lowest BCUT2D eigenvalue weighted by molar-refractivity contribution is -0.125. The average molecular weight is 279 g/mol. The van der Waals surface area contributed by atoms with Gasteiger partial charge >= 0.3 is 0 Å². The van der Waals surface area contributed by atoms with Crippen LogP contribution in [0.25, 0.3) is 0 Å². The first-order valence-electron chi connectivity index (χ1n) is 6.87. The van der Waals surface area contributed by atoms with Crippen LogP contribution in [0.5, 0.6) is 11.5 Å². The van der Waals surface area contributed by atoms with Gasteiger partial charge in [0.25, 0.3) is 5.91 Å². The third kappa shape index (κ3) is 3.42. The zero-order valence-corrected chi connectivity index (χ0v) is 11.7. The third-order valence-electron chi connectivity index (χ3n) is 3.70. The lowest BCUT2D eigenvalue weighted by Gasteiger charge is -2.27. The van der Waals surface area contributed by atoms with E-state index in [4.69, 9.17) is 9.47 Å². The molecule has 1 fully saturated rings. The Morgan fingerprint density at radius 3 is 2.55 bits per heavy atom. The summed E-state index contributed by atoms with van der Waals surface area (Å²) < 4.78 is 10.6. The van der Waals surface area contributed by atoms with Gasteiger partial charge in [0.05, 0.1) is 19.3 Å². The number of ether oxygens (including phenoxy) is 2. The van der Waals surface area contributed by atoms with Gasteiger partial charge in [-0.1, -0.05) is 25.0 Å². The van der Waals surface area contributed by atoms with Crippen molar-refractivity contribution in [3.05, 3.63) is 24.3 Å². The molecule has 0 aromatic heterocycles. The molecule has 2 N–H and O–H groups in total. The topological polar surface area (TPSA) is 67.8 Å². The zero-order chi connectivity index (χ0) is 14.4. The molecule has 1 aromatic rings. The van der Waals surface area contributed by atoms with Gasteiger partial charge in [-0.2, -0.15) is 0 Å². The van der Waals surface area contributed by atoms with Crippen LogP contribution in [0, 0.1) is 0 Å². The number of rotatable bonds is 6. The van der Waals surface area contributed by atoms with Crippen molar-refractivity contribution in [3.63, 3.8) is 0 Å². The summed E-state index contributed by atoms with van der Waals surface area (Å²) in [5.74, 6) is 0.916. The van der Waals surface area contributed by atoms with Crippen molar-refractivity contribution in [1.82, 2.24) is 5.32 Å². The minimum Gasteiger partial charge on any atom is -0.493 e. The van der Waals surface area contributed by atoms with Gasteiger partial charge in [-0.15, -0.1) is 0 Å². The van der Waals surface area contributed by atoms with E-state index in [2.05, 4.69) is 5.32 Å². The number of carbonyl (C=O) groups is 1. The van der Waals surface area contributed by atoms with Crippen molar-refractivity contribution in [1.29, 1.82) is 0 Å². The van der Waals surface area contributed by atoms with Gasteiger partial charge in [-0.05, 0) is 25.0 Å². The average Bonchev–Trinajstić information content (AvgIpc) is 2.94. The number of carbonyl (C=O) groups excluding carboxylic acids is 1. The van der Waals surface area contributed by atoms with Gasteiger partial charge < -0.3 is 19.9 Å². The van der Waals surface area contributed by atoms with Gasteiger partial charge in [-0.25, -0.2) is 0 Å². The molecule has 5 heteroatoms. The normalized spacial score (nSPS) is 16.7. The molecule has 1 saturated carbocycles. The Kier molecular flexibility index (Phi) is 4.84. The summed E-state index contributed by atoms with van der Waals surface area (Å²) in [5, 5.41) is 12.4. The van der Waals surface area contributed by atoms with Crippen LogP contribution in [0.15, 0.2) is 24.3 Å².